The molecule has 1 aliphatic rings. The molecule has 0 radical (unpaired) electrons. The molecular formula is C20H25N3O2. The molecule has 2 aromatic rings. The van der Waals surface area contributed by atoms with Gasteiger partial charge in [-0.2, -0.15) is 0 Å². The van der Waals surface area contributed by atoms with Gasteiger partial charge in [-0.1, -0.05) is 12.1 Å². The predicted octanol–water partition coefficient (Wildman–Crippen LogP) is 3.40. The third-order valence-electron chi connectivity index (χ3n) is 4.56. The highest BCUT2D eigenvalue weighted by Crippen LogP contribution is 2.22. The maximum atomic E-state index is 12.8. The van der Waals surface area contributed by atoms with E-state index in [9.17, 15) is 4.79 Å². The fourth-order valence-corrected chi connectivity index (χ4v) is 3.17. The molecule has 1 atom stereocenters. The smallest absolute Gasteiger partial charge is 0.253 e. The lowest BCUT2D eigenvalue weighted by atomic mass is 10.0. The van der Waals surface area contributed by atoms with Crippen molar-refractivity contribution in [3.63, 3.8) is 0 Å². The maximum absolute atomic E-state index is 12.8. The number of ether oxygens (including phenoxy) is 1. The van der Waals surface area contributed by atoms with E-state index in [1.165, 1.54) is 6.42 Å². The van der Waals surface area contributed by atoms with Crippen molar-refractivity contribution < 1.29 is 9.53 Å². The minimum absolute atomic E-state index is 0.00860. The molecule has 132 valence electrons. The van der Waals surface area contributed by atoms with Crippen LogP contribution in [0.5, 0.6) is 0 Å². The first-order valence-electron chi connectivity index (χ1n) is 8.82. The van der Waals surface area contributed by atoms with Crippen LogP contribution in [0.1, 0.15) is 41.0 Å². The van der Waals surface area contributed by atoms with E-state index in [1.54, 1.807) is 11.1 Å². The minimum atomic E-state index is 0.00860. The van der Waals surface area contributed by atoms with Crippen molar-refractivity contribution in [2.45, 2.75) is 39.2 Å². The molecule has 1 aromatic heterocycles. The van der Waals surface area contributed by atoms with Gasteiger partial charge in [0.05, 0.1) is 23.2 Å². The van der Waals surface area contributed by atoms with Crippen LogP contribution >= 0.6 is 0 Å². The van der Waals surface area contributed by atoms with Crippen LogP contribution in [0.3, 0.4) is 0 Å². The standard InChI is InChI=1S/C20H25N3O2/c1-14-12-21-15(2)19(22-14)16-7-6-8-17(11-16)20(24)23(3)13-18-9-4-5-10-25-18/h6-8,11-12,18H,4-5,9-10,13H2,1-3H3. The highest BCUT2D eigenvalue weighted by Gasteiger charge is 2.20. The number of rotatable bonds is 4. The first kappa shape index (κ1) is 17.5. The Morgan fingerprint density at radius 3 is 2.92 bits per heavy atom. The van der Waals surface area contributed by atoms with Gasteiger partial charge in [0.2, 0.25) is 0 Å². The van der Waals surface area contributed by atoms with Crippen LogP contribution in [0.4, 0.5) is 0 Å². The Kier molecular flexibility index (Phi) is 5.43. The Bertz CT molecular complexity index is 754. The van der Waals surface area contributed by atoms with Gasteiger partial charge in [0.1, 0.15) is 0 Å². The van der Waals surface area contributed by atoms with Gasteiger partial charge in [-0.3, -0.25) is 9.78 Å². The fourth-order valence-electron chi connectivity index (χ4n) is 3.17. The molecule has 5 heteroatoms. The largest absolute Gasteiger partial charge is 0.376 e. The summed E-state index contributed by atoms with van der Waals surface area (Å²) in [6, 6.07) is 7.62. The summed E-state index contributed by atoms with van der Waals surface area (Å²) < 4.78 is 5.74. The van der Waals surface area contributed by atoms with E-state index in [1.807, 2.05) is 45.2 Å². The lowest BCUT2D eigenvalue weighted by molar-refractivity contribution is -0.000186. The van der Waals surface area contributed by atoms with Crippen LogP contribution < -0.4 is 0 Å². The molecule has 1 amide bonds. The Morgan fingerprint density at radius 1 is 1.32 bits per heavy atom. The molecule has 25 heavy (non-hydrogen) atoms. The van der Waals surface area contributed by atoms with Crippen LogP contribution in [-0.2, 0) is 4.74 Å². The van der Waals surface area contributed by atoms with Crippen LogP contribution in [0, 0.1) is 13.8 Å². The van der Waals surface area contributed by atoms with Crippen molar-refractivity contribution in [1.29, 1.82) is 0 Å². The molecule has 3 rings (SSSR count). The van der Waals surface area contributed by atoms with Gasteiger partial charge >= 0.3 is 0 Å². The molecule has 2 heterocycles. The quantitative estimate of drug-likeness (QED) is 0.857. The van der Waals surface area contributed by atoms with E-state index in [-0.39, 0.29) is 12.0 Å². The SMILES string of the molecule is Cc1cnc(C)c(-c2cccc(C(=O)N(C)CC3CCCCO3)c2)n1. The summed E-state index contributed by atoms with van der Waals surface area (Å²) in [6.45, 7) is 5.28. The minimum Gasteiger partial charge on any atom is -0.376 e. The number of benzene rings is 1. The number of nitrogens with zero attached hydrogens (tertiary/aromatic N) is 3. The number of aromatic nitrogens is 2. The van der Waals surface area contributed by atoms with Crippen molar-refractivity contribution >= 4 is 5.91 Å². The zero-order chi connectivity index (χ0) is 17.8. The lowest BCUT2D eigenvalue weighted by Crippen LogP contribution is -2.37. The average molecular weight is 339 g/mol. The van der Waals surface area contributed by atoms with E-state index in [4.69, 9.17) is 4.74 Å². The molecule has 1 saturated heterocycles. The summed E-state index contributed by atoms with van der Waals surface area (Å²) in [5, 5.41) is 0. The van der Waals surface area contributed by atoms with E-state index in [0.29, 0.717) is 12.1 Å². The van der Waals surface area contributed by atoms with Gasteiger partial charge in [-0.05, 0) is 45.2 Å². The van der Waals surface area contributed by atoms with Crippen molar-refractivity contribution in [2.24, 2.45) is 0 Å². The summed E-state index contributed by atoms with van der Waals surface area (Å²) >= 11 is 0. The number of carbonyl (C=O) groups is 1. The van der Waals surface area contributed by atoms with Gasteiger partial charge in [0.25, 0.3) is 5.91 Å². The second-order valence-electron chi connectivity index (χ2n) is 6.70. The van der Waals surface area contributed by atoms with Gasteiger partial charge in [-0.15, -0.1) is 0 Å². The number of hydrogen-bond acceptors (Lipinski definition) is 4. The molecule has 0 bridgehead atoms. The topological polar surface area (TPSA) is 55.3 Å². The number of hydrogen-bond donors (Lipinski definition) is 0. The number of amides is 1. The second kappa shape index (κ2) is 7.74. The van der Waals surface area contributed by atoms with E-state index in [0.717, 1.165) is 42.1 Å². The molecule has 1 fully saturated rings. The normalized spacial score (nSPS) is 17.3. The predicted molar refractivity (Wildman–Crippen MR) is 97.5 cm³/mol. The van der Waals surface area contributed by atoms with Crippen LogP contribution in [-0.4, -0.2) is 47.1 Å². The lowest BCUT2D eigenvalue weighted by Gasteiger charge is -2.27. The summed E-state index contributed by atoms with van der Waals surface area (Å²) in [7, 11) is 1.84. The summed E-state index contributed by atoms with van der Waals surface area (Å²) in [5.74, 6) is 0.00860. The van der Waals surface area contributed by atoms with E-state index < -0.39 is 0 Å². The molecule has 0 N–H and O–H groups in total. The molecule has 1 aromatic carbocycles. The molecule has 5 nitrogen and oxygen atoms in total. The second-order valence-corrected chi connectivity index (χ2v) is 6.70. The number of carbonyl (C=O) groups excluding carboxylic acids is 1. The van der Waals surface area contributed by atoms with Crippen molar-refractivity contribution in [1.82, 2.24) is 14.9 Å². The molecule has 1 unspecified atom stereocenters. The highest BCUT2D eigenvalue weighted by molar-refractivity contribution is 5.95. The maximum Gasteiger partial charge on any atom is 0.253 e. The third kappa shape index (κ3) is 4.23. The summed E-state index contributed by atoms with van der Waals surface area (Å²) in [4.78, 5) is 23.5. The number of likely N-dealkylation sites (N-methyl/N-ethyl adjacent to an activating group) is 1. The first-order chi connectivity index (χ1) is 12.0. The zero-order valence-electron chi connectivity index (χ0n) is 15.2. The van der Waals surface area contributed by atoms with Crippen LogP contribution in [0.25, 0.3) is 11.3 Å². The average Bonchev–Trinajstić information content (AvgIpc) is 2.64. The zero-order valence-corrected chi connectivity index (χ0v) is 15.2. The van der Waals surface area contributed by atoms with Crippen LogP contribution in [0.2, 0.25) is 0 Å². The van der Waals surface area contributed by atoms with Crippen LogP contribution in [0.15, 0.2) is 30.5 Å². The van der Waals surface area contributed by atoms with E-state index in [2.05, 4.69) is 9.97 Å². The van der Waals surface area contributed by atoms with Crippen molar-refractivity contribution in [2.75, 3.05) is 20.2 Å². The highest BCUT2D eigenvalue weighted by atomic mass is 16.5. The number of aryl methyl sites for hydroxylation is 2. The molecule has 0 saturated carbocycles. The van der Waals surface area contributed by atoms with Gasteiger partial charge in [-0.25, -0.2) is 4.98 Å². The summed E-state index contributed by atoms with van der Waals surface area (Å²) in [5.41, 5.74) is 4.14. The Hall–Kier alpha value is -2.27. The van der Waals surface area contributed by atoms with Gasteiger partial charge in [0, 0.05) is 37.5 Å². The Morgan fingerprint density at radius 2 is 2.16 bits per heavy atom. The molecule has 1 aliphatic heterocycles. The first-order valence-corrected chi connectivity index (χ1v) is 8.82. The van der Waals surface area contributed by atoms with Crippen molar-refractivity contribution in [3.05, 3.63) is 47.4 Å². The summed E-state index contributed by atoms with van der Waals surface area (Å²) in [6.07, 6.45) is 5.22. The van der Waals surface area contributed by atoms with Gasteiger partial charge < -0.3 is 9.64 Å². The Labute approximate surface area is 149 Å². The monoisotopic (exact) mass is 339 g/mol. The fraction of sp³-hybridized carbons (Fsp3) is 0.450. The third-order valence-corrected chi connectivity index (χ3v) is 4.56. The van der Waals surface area contributed by atoms with Gasteiger partial charge in [0.15, 0.2) is 0 Å². The molecular weight excluding hydrogens is 314 g/mol. The van der Waals surface area contributed by atoms with Crippen molar-refractivity contribution in [3.8, 4) is 11.3 Å². The van der Waals surface area contributed by atoms with E-state index >= 15 is 0 Å². The molecule has 0 aliphatic carbocycles. The Balaban J connectivity index is 1.78. The molecule has 0 spiro atoms.